The highest BCUT2D eigenvalue weighted by Gasteiger charge is 2.68. The largest absolute Gasteiger partial charge is 0.403 e. The van der Waals surface area contributed by atoms with Gasteiger partial charge in [0.15, 0.2) is 14.1 Å². The lowest BCUT2D eigenvalue weighted by Crippen LogP contribution is -2.67. The third-order valence-corrected chi connectivity index (χ3v) is 14.6. The van der Waals surface area contributed by atoms with Crippen LogP contribution in [0.5, 0.6) is 0 Å². The van der Waals surface area contributed by atoms with Crippen LogP contribution in [0.1, 0.15) is 98.3 Å². The van der Waals surface area contributed by atoms with E-state index < -0.39 is 14.1 Å². The predicted octanol–water partition coefficient (Wildman–Crippen LogP) is 6.92. The molecule has 5 heteroatoms. The average Bonchev–Trinajstić information content (AvgIpc) is 3.31. The molecule has 0 radical (unpaired) electrons. The maximum absolute atomic E-state index is 11.1. The fourth-order valence-electron chi connectivity index (χ4n) is 7.12. The van der Waals surface area contributed by atoms with E-state index in [0.29, 0.717) is 31.0 Å². The van der Waals surface area contributed by atoms with Gasteiger partial charge in [-0.15, -0.1) is 0 Å². The second-order valence-corrected chi connectivity index (χ2v) is 18.2. The molecule has 35 heavy (non-hydrogen) atoms. The van der Waals surface area contributed by atoms with Gasteiger partial charge in [0.1, 0.15) is 6.10 Å². The number of rotatable bonds is 7. The number of aliphatic hydroxyl groups is 1. The fraction of sp³-hybridized carbons (Fsp3) is 0.933. The van der Waals surface area contributed by atoms with Crippen LogP contribution in [-0.2, 0) is 13.9 Å². The molecule has 0 bridgehead atoms. The standard InChI is InChI=1S/C30H52O4Si/c1-7-8-14-25-28-24(27(31)18-17-26(28)30(25)32-19-20-33-30)16-15-23(21-22-12-10-9-11-13-22)34-35(5,6)29(2,3)4/h22-28,31H,7-14,17-21H2,1-6H3/t23-,24-,25?,26-,27+,28-/m1/s1. The Hall–Kier alpha value is -0.383. The summed E-state index contributed by atoms with van der Waals surface area (Å²) in [6.07, 6.45) is 12.6. The van der Waals surface area contributed by atoms with Crippen LogP contribution in [0.4, 0.5) is 0 Å². The minimum absolute atomic E-state index is 0.00547. The third-order valence-electron chi connectivity index (χ3n) is 10.1. The number of aliphatic hydroxyl groups excluding tert-OH is 1. The molecule has 4 nitrogen and oxygen atoms in total. The van der Waals surface area contributed by atoms with Crippen molar-refractivity contribution < 1.29 is 19.0 Å². The van der Waals surface area contributed by atoms with E-state index in [0.717, 1.165) is 31.6 Å². The minimum Gasteiger partial charge on any atom is -0.403 e. The van der Waals surface area contributed by atoms with Crippen LogP contribution in [0.2, 0.25) is 18.1 Å². The first-order chi connectivity index (χ1) is 16.6. The van der Waals surface area contributed by atoms with Crippen molar-refractivity contribution in [2.24, 2.45) is 29.6 Å². The van der Waals surface area contributed by atoms with Crippen LogP contribution in [0.15, 0.2) is 0 Å². The van der Waals surface area contributed by atoms with Gasteiger partial charge in [-0.3, -0.25) is 0 Å². The summed E-state index contributed by atoms with van der Waals surface area (Å²) in [5.41, 5.74) is 0. The molecule has 4 rings (SSSR count). The molecule has 4 aliphatic rings. The van der Waals surface area contributed by atoms with Crippen molar-refractivity contribution in [3.05, 3.63) is 0 Å². The van der Waals surface area contributed by atoms with Gasteiger partial charge in [-0.2, -0.15) is 0 Å². The zero-order valence-electron chi connectivity index (χ0n) is 23.4. The zero-order chi connectivity index (χ0) is 25.3. The molecule has 1 saturated heterocycles. The molecule has 3 saturated carbocycles. The van der Waals surface area contributed by atoms with Crippen molar-refractivity contribution in [2.45, 2.75) is 134 Å². The predicted molar refractivity (Wildman–Crippen MR) is 144 cm³/mol. The number of hydrogen-bond acceptors (Lipinski definition) is 4. The maximum Gasteiger partial charge on any atom is 0.193 e. The van der Waals surface area contributed by atoms with E-state index >= 15 is 0 Å². The van der Waals surface area contributed by atoms with Gasteiger partial charge >= 0.3 is 0 Å². The van der Waals surface area contributed by atoms with E-state index in [1.54, 1.807) is 0 Å². The first kappa shape index (κ1) is 27.6. The first-order valence-corrected chi connectivity index (χ1v) is 17.6. The van der Waals surface area contributed by atoms with Crippen LogP contribution in [0.25, 0.3) is 0 Å². The Bertz CT molecular complexity index is 751. The Labute approximate surface area is 216 Å². The van der Waals surface area contributed by atoms with Crippen LogP contribution >= 0.6 is 0 Å². The molecule has 0 amide bonds. The number of unbranched alkanes of at least 4 members (excludes halogenated alkanes) is 1. The Kier molecular flexibility index (Phi) is 8.81. The topological polar surface area (TPSA) is 47.9 Å². The summed E-state index contributed by atoms with van der Waals surface area (Å²) < 4.78 is 19.5. The Balaban J connectivity index is 1.56. The van der Waals surface area contributed by atoms with Crippen molar-refractivity contribution in [1.29, 1.82) is 0 Å². The molecule has 1 unspecified atom stereocenters. The Morgan fingerprint density at radius 3 is 2.37 bits per heavy atom. The smallest absolute Gasteiger partial charge is 0.193 e. The molecule has 0 aromatic rings. The van der Waals surface area contributed by atoms with Crippen LogP contribution in [0.3, 0.4) is 0 Å². The van der Waals surface area contributed by atoms with E-state index in [1.165, 1.54) is 44.9 Å². The van der Waals surface area contributed by atoms with Crippen LogP contribution < -0.4 is 0 Å². The van der Waals surface area contributed by atoms with Crippen molar-refractivity contribution in [1.82, 2.24) is 0 Å². The molecule has 0 aromatic heterocycles. The maximum atomic E-state index is 11.1. The summed E-state index contributed by atoms with van der Waals surface area (Å²) >= 11 is 0. The molecular formula is C30H52O4Si. The summed E-state index contributed by atoms with van der Waals surface area (Å²) in [5.74, 6) is 8.74. The van der Waals surface area contributed by atoms with Gasteiger partial charge in [0.2, 0.25) is 0 Å². The number of hydrogen-bond donors (Lipinski definition) is 1. The average molecular weight is 505 g/mol. The molecule has 1 spiro atoms. The molecule has 4 fully saturated rings. The van der Waals surface area contributed by atoms with Crippen LogP contribution in [0, 0.1) is 41.4 Å². The highest BCUT2D eigenvalue weighted by atomic mass is 28.4. The highest BCUT2D eigenvalue weighted by molar-refractivity contribution is 6.74. The minimum atomic E-state index is -1.94. The number of ether oxygens (including phenoxy) is 2. The summed E-state index contributed by atoms with van der Waals surface area (Å²) in [4.78, 5) is 0. The molecule has 1 heterocycles. The van der Waals surface area contributed by atoms with E-state index in [-0.39, 0.29) is 23.2 Å². The van der Waals surface area contributed by atoms with Crippen molar-refractivity contribution in [2.75, 3.05) is 13.2 Å². The second kappa shape index (κ2) is 11.2. The quantitative estimate of drug-likeness (QED) is 0.302. The SMILES string of the molecule is CCCCC1[C@H]2[C@H](C#C[C@H](CC3CCCCC3)O[Si](C)(C)C(C)(C)C)[C@@H](O)CC[C@H]2C12OCCO2. The van der Waals surface area contributed by atoms with Gasteiger partial charge in [-0.1, -0.05) is 84.5 Å². The molecular weight excluding hydrogens is 452 g/mol. The van der Waals surface area contributed by atoms with E-state index in [1.807, 2.05) is 0 Å². The molecule has 1 N–H and O–H groups in total. The van der Waals surface area contributed by atoms with Gasteiger partial charge in [0, 0.05) is 11.8 Å². The number of fused-ring (bicyclic) bond motifs is 2. The fourth-order valence-corrected chi connectivity index (χ4v) is 8.34. The first-order valence-electron chi connectivity index (χ1n) is 14.7. The molecule has 3 aliphatic carbocycles. The summed E-state index contributed by atoms with van der Waals surface area (Å²) in [5, 5.41) is 11.3. The van der Waals surface area contributed by atoms with Gasteiger partial charge in [-0.25, -0.2) is 0 Å². The summed E-state index contributed by atoms with van der Waals surface area (Å²) in [6, 6.07) is 0. The van der Waals surface area contributed by atoms with E-state index in [2.05, 4.69) is 52.6 Å². The van der Waals surface area contributed by atoms with Crippen molar-refractivity contribution in [3.8, 4) is 11.8 Å². The highest BCUT2D eigenvalue weighted by Crippen LogP contribution is 2.63. The van der Waals surface area contributed by atoms with Crippen LogP contribution in [-0.4, -0.2) is 44.6 Å². The lowest BCUT2D eigenvalue weighted by molar-refractivity contribution is -0.341. The monoisotopic (exact) mass is 504 g/mol. The van der Waals surface area contributed by atoms with Gasteiger partial charge in [-0.05, 0) is 55.7 Å². The van der Waals surface area contributed by atoms with Crippen molar-refractivity contribution >= 4 is 8.32 Å². The van der Waals surface area contributed by atoms with Gasteiger partial charge in [0.05, 0.1) is 25.2 Å². The summed E-state index contributed by atoms with van der Waals surface area (Å²) in [7, 11) is -1.94. The third kappa shape index (κ3) is 5.72. The van der Waals surface area contributed by atoms with Crippen molar-refractivity contribution in [3.63, 3.8) is 0 Å². The molecule has 6 atom stereocenters. The molecule has 1 aliphatic heterocycles. The Morgan fingerprint density at radius 1 is 1.06 bits per heavy atom. The molecule has 200 valence electrons. The molecule has 0 aromatic carbocycles. The van der Waals surface area contributed by atoms with E-state index in [4.69, 9.17) is 13.9 Å². The summed E-state index contributed by atoms with van der Waals surface area (Å²) in [6.45, 7) is 15.3. The van der Waals surface area contributed by atoms with E-state index in [9.17, 15) is 5.11 Å². The second-order valence-electron chi connectivity index (χ2n) is 13.4. The van der Waals surface area contributed by atoms with Gasteiger partial charge in [0.25, 0.3) is 0 Å². The lowest BCUT2D eigenvalue weighted by atomic mass is 9.49. The Morgan fingerprint density at radius 2 is 1.74 bits per heavy atom. The lowest BCUT2D eigenvalue weighted by Gasteiger charge is -2.62. The normalized spacial score (nSPS) is 34.1. The van der Waals surface area contributed by atoms with Gasteiger partial charge < -0.3 is 19.0 Å². The zero-order valence-corrected chi connectivity index (χ0v) is 24.4.